The first-order chi connectivity index (χ1) is 14.5. The number of aliphatic hydroxyl groups is 2. The van der Waals surface area contributed by atoms with Crippen molar-refractivity contribution in [1.29, 1.82) is 0 Å². The summed E-state index contributed by atoms with van der Waals surface area (Å²) in [5.74, 6) is -4.02. The number of carboxylic acids is 1. The molecule has 0 bridgehead atoms. The summed E-state index contributed by atoms with van der Waals surface area (Å²) in [5, 5.41) is 44.8. The molecule has 0 radical (unpaired) electrons. The molecule has 0 aliphatic carbocycles. The standard InChI is InChI=1S/C19H28N4O8/c1-9(24)15(22-14(27)8-20)18(29)21-13(7-11-3-5-12(26)6-4-11)17(28)23-16(10(2)25)19(30)31/h3-6,9-10,13,15-16,24-26H,7-8,20H2,1-2H3,(H,21,29)(H,22,27)(H,23,28)(H,30,31). The first kappa shape index (κ1) is 25.8. The summed E-state index contributed by atoms with van der Waals surface area (Å²) in [4.78, 5) is 48.2. The van der Waals surface area contributed by atoms with Crippen molar-refractivity contribution in [3.05, 3.63) is 29.8 Å². The summed E-state index contributed by atoms with van der Waals surface area (Å²) in [6, 6.07) is 1.34. The van der Waals surface area contributed by atoms with E-state index in [1.807, 2.05) is 0 Å². The van der Waals surface area contributed by atoms with Gasteiger partial charge in [0, 0.05) is 6.42 Å². The van der Waals surface area contributed by atoms with E-state index in [9.17, 15) is 39.6 Å². The van der Waals surface area contributed by atoms with Crippen molar-refractivity contribution in [2.45, 2.75) is 50.6 Å². The second-order valence-electron chi connectivity index (χ2n) is 6.99. The first-order valence-electron chi connectivity index (χ1n) is 9.43. The second kappa shape index (κ2) is 11.8. The summed E-state index contributed by atoms with van der Waals surface area (Å²) in [6.45, 7) is 2.01. The number of rotatable bonds is 11. The van der Waals surface area contributed by atoms with Crippen LogP contribution in [0.1, 0.15) is 19.4 Å². The maximum absolute atomic E-state index is 12.7. The van der Waals surface area contributed by atoms with Crippen molar-refractivity contribution in [3.8, 4) is 5.75 Å². The number of benzene rings is 1. The van der Waals surface area contributed by atoms with Gasteiger partial charge in [0.25, 0.3) is 0 Å². The molecule has 0 saturated heterocycles. The molecular formula is C19H28N4O8. The lowest BCUT2D eigenvalue weighted by molar-refractivity contribution is -0.145. The molecule has 0 fully saturated rings. The minimum absolute atomic E-state index is 0.0208. The quantitative estimate of drug-likeness (QED) is 0.178. The third-order valence-corrected chi connectivity index (χ3v) is 4.32. The summed E-state index contributed by atoms with van der Waals surface area (Å²) in [7, 11) is 0. The summed E-state index contributed by atoms with van der Waals surface area (Å²) in [5.41, 5.74) is 5.72. The average Bonchev–Trinajstić information content (AvgIpc) is 2.69. The largest absolute Gasteiger partial charge is 0.508 e. The molecule has 0 spiro atoms. The number of carbonyl (C=O) groups excluding carboxylic acids is 3. The van der Waals surface area contributed by atoms with Gasteiger partial charge in [0.15, 0.2) is 6.04 Å². The fraction of sp³-hybridized carbons (Fsp3) is 0.474. The van der Waals surface area contributed by atoms with Gasteiger partial charge in [-0.3, -0.25) is 14.4 Å². The van der Waals surface area contributed by atoms with E-state index in [0.717, 1.165) is 0 Å². The molecule has 0 saturated carbocycles. The van der Waals surface area contributed by atoms with Gasteiger partial charge in [0.1, 0.15) is 17.8 Å². The minimum atomic E-state index is -1.63. The number of hydrogen-bond donors (Lipinski definition) is 8. The SMILES string of the molecule is CC(O)C(NC(=O)C(Cc1ccc(O)cc1)NC(=O)C(NC(=O)CN)C(C)O)C(=O)O. The van der Waals surface area contributed by atoms with Crippen LogP contribution in [0.5, 0.6) is 5.75 Å². The van der Waals surface area contributed by atoms with Gasteiger partial charge in [0.2, 0.25) is 17.7 Å². The Morgan fingerprint density at radius 2 is 1.45 bits per heavy atom. The van der Waals surface area contributed by atoms with Gasteiger partial charge in [0.05, 0.1) is 18.8 Å². The number of aromatic hydroxyl groups is 1. The van der Waals surface area contributed by atoms with E-state index in [0.29, 0.717) is 5.56 Å². The molecule has 0 heterocycles. The molecule has 0 aliphatic rings. The number of aliphatic hydroxyl groups excluding tert-OH is 2. The Morgan fingerprint density at radius 3 is 1.90 bits per heavy atom. The molecule has 0 aromatic heterocycles. The van der Waals surface area contributed by atoms with Gasteiger partial charge in [-0.15, -0.1) is 0 Å². The van der Waals surface area contributed by atoms with Crippen molar-refractivity contribution in [2.75, 3.05) is 6.54 Å². The van der Waals surface area contributed by atoms with E-state index < -0.39 is 60.6 Å². The van der Waals surface area contributed by atoms with Gasteiger partial charge >= 0.3 is 5.97 Å². The number of aliphatic carboxylic acids is 1. The third-order valence-electron chi connectivity index (χ3n) is 4.32. The number of carbonyl (C=O) groups is 4. The summed E-state index contributed by atoms with van der Waals surface area (Å²) < 4.78 is 0. The molecule has 9 N–H and O–H groups in total. The van der Waals surface area contributed by atoms with Crippen LogP contribution in [0.2, 0.25) is 0 Å². The van der Waals surface area contributed by atoms with Crippen molar-refractivity contribution in [3.63, 3.8) is 0 Å². The van der Waals surface area contributed by atoms with Gasteiger partial charge in [-0.2, -0.15) is 0 Å². The van der Waals surface area contributed by atoms with Gasteiger partial charge in [-0.25, -0.2) is 4.79 Å². The molecule has 5 atom stereocenters. The fourth-order valence-corrected chi connectivity index (χ4v) is 2.62. The second-order valence-corrected chi connectivity index (χ2v) is 6.99. The molecular weight excluding hydrogens is 412 g/mol. The van der Waals surface area contributed by atoms with E-state index in [1.54, 1.807) is 0 Å². The van der Waals surface area contributed by atoms with E-state index in [1.165, 1.54) is 38.1 Å². The van der Waals surface area contributed by atoms with Crippen LogP contribution in [0.4, 0.5) is 0 Å². The van der Waals surface area contributed by atoms with Gasteiger partial charge < -0.3 is 42.1 Å². The normalized spacial score (nSPS) is 15.6. The smallest absolute Gasteiger partial charge is 0.328 e. The number of hydrogen-bond acceptors (Lipinski definition) is 8. The van der Waals surface area contributed by atoms with E-state index in [2.05, 4.69) is 16.0 Å². The third kappa shape index (κ3) is 8.20. The lowest BCUT2D eigenvalue weighted by Crippen LogP contribution is -2.60. The van der Waals surface area contributed by atoms with Gasteiger partial charge in [-0.1, -0.05) is 12.1 Å². The van der Waals surface area contributed by atoms with Crippen LogP contribution in [0, 0.1) is 0 Å². The summed E-state index contributed by atoms with van der Waals surface area (Å²) in [6.07, 6.45) is -2.85. The maximum Gasteiger partial charge on any atom is 0.328 e. The number of carboxylic acid groups (broad SMARTS) is 1. The predicted octanol–water partition coefficient (Wildman–Crippen LogP) is -2.81. The topological polar surface area (TPSA) is 211 Å². The Bertz CT molecular complexity index is 782. The molecule has 12 nitrogen and oxygen atoms in total. The molecule has 0 aliphatic heterocycles. The van der Waals surface area contributed by atoms with Gasteiger partial charge in [-0.05, 0) is 31.5 Å². The van der Waals surface area contributed by atoms with E-state index in [4.69, 9.17) is 5.73 Å². The molecule has 1 aromatic carbocycles. The van der Waals surface area contributed by atoms with Crippen molar-refractivity contribution >= 4 is 23.7 Å². The highest BCUT2D eigenvalue weighted by Crippen LogP contribution is 2.12. The van der Waals surface area contributed by atoms with Crippen LogP contribution in [0.3, 0.4) is 0 Å². The van der Waals surface area contributed by atoms with E-state index >= 15 is 0 Å². The Hall–Kier alpha value is -3.22. The zero-order chi connectivity index (χ0) is 23.7. The van der Waals surface area contributed by atoms with Crippen LogP contribution < -0.4 is 21.7 Å². The van der Waals surface area contributed by atoms with Crippen molar-refractivity contribution < 1.29 is 39.6 Å². The molecule has 12 heteroatoms. The molecule has 1 aromatic rings. The highest BCUT2D eigenvalue weighted by atomic mass is 16.4. The van der Waals surface area contributed by atoms with Crippen molar-refractivity contribution in [1.82, 2.24) is 16.0 Å². The minimum Gasteiger partial charge on any atom is -0.508 e. The molecule has 31 heavy (non-hydrogen) atoms. The van der Waals surface area contributed by atoms with Crippen LogP contribution in [0.25, 0.3) is 0 Å². The fourth-order valence-electron chi connectivity index (χ4n) is 2.62. The van der Waals surface area contributed by atoms with Crippen LogP contribution >= 0.6 is 0 Å². The Labute approximate surface area is 178 Å². The maximum atomic E-state index is 12.7. The summed E-state index contributed by atoms with van der Waals surface area (Å²) >= 11 is 0. The monoisotopic (exact) mass is 440 g/mol. The van der Waals surface area contributed by atoms with Crippen LogP contribution in [0.15, 0.2) is 24.3 Å². The Balaban J connectivity index is 3.11. The zero-order valence-corrected chi connectivity index (χ0v) is 17.1. The molecule has 172 valence electrons. The number of phenolic OH excluding ortho intramolecular Hbond substituents is 1. The highest BCUT2D eigenvalue weighted by molar-refractivity contribution is 5.94. The average molecular weight is 440 g/mol. The first-order valence-corrected chi connectivity index (χ1v) is 9.43. The molecule has 3 amide bonds. The molecule has 5 unspecified atom stereocenters. The number of nitrogens with one attached hydrogen (secondary N) is 3. The predicted molar refractivity (Wildman–Crippen MR) is 108 cm³/mol. The van der Waals surface area contributed by atoms with Crippen LogP contribution in [-0.4, -0.2) is 81.0 Å². The lowest BCUT2D eigenvalue weighted by atomic mass is 10.0. The van der Waals surface area contributed by atoms with Crippen molar-refractivity contribution in [2.24, 2.45) is 5.73 Å². The number of amides is 3. The Morgan fingerprint density at radius 1 is 0.903 bits per heavy atom. The Kier molecular flexibility index (Phi) is 9.86. The number of nitrogens with two attached hydrogens (primary N) is 1. The highest BCUT2D eigenvalue weighted by Gasteiger charge is 2.32. The van der Waals surface area contributed by atoms with Crippen LogP contribution in [-0.2, 0) is 25.6 Å². The molecule has 1 rings (SSSR count). The zero-order valence-electron chi connectivity index (χ0n) is 17.1. The van der Waals surface area contributed by atoms with E-state index in [-0.39, 0.29) is 12.2 Å². The number of phenols is 1. The lowest BCUT2D eigenvalue weighted by Gasteiger charge is -2.26.